The van der Waals surface area contributed by atoms with Crippen molar-refractivity contribution < 1.29 is 4.79 Å². The molecule has 0 saturated carbocycles. The molecule has 2 atom stereocenters. The maximum atomic E-state index is 12.2. The monoisotopic (exact) mass is 296 g/mol. The Kier molecular flexibility index (Phi) is 4.16. The Morgan fingerprint density at radius 1 is 0.762 bits per heavy atom. The first-order valence-corrected chi connectivity index (χ1v) is 8.36. The van der Waals surface area contributed by atoms with Gasteiger partial charge in [0.1, 0.15) is 5.78 Å². The van der Waals surface area contributed by atoms with E-state index in [-0.39, 0.29) is 10.5 Å². The van der Waals surface area contributed by atoms with Crippen LogP contribution in [-0.2, 0) is 4.79 Å². The van der Waals surface area contributed by atoms with Crippen LogP contribution < -0.4 is 0 Å². The number of carbonyl (C=O) groups excluding carboxylic acids is 1. The highest BCUT2D eigenvalue weighted by atomic mass is 32.2. The second-order valence-electron chi connectivity index (χ2n) is 5.88. The van der Waals surface area contributed by atoms with Gasteiger partial charge in [0.2, 0.25) is 0 Å². The van der Waals surface area contributed by atoms with E-state index >= 15 is 0 Å². The first-order valence-electron chi connectivity index (χ1n) is 7.42. The van der Waals surface area contributed by atoms with E-state index in [1.165, 1.54) is 22.3 Å². The van der Waals surface area contributed by atoms with Gasteiger partial charge in [-0.2, -0.15) is 0 Å². The minimum Gasteiger partial charge on any atom is -0.300 e. The fraction of sp³-hybridized carbons (Fsp3) is 0.316. The summed E-state index contributed by atoms with van der Waals surface area (Å²) in [5.74, 6) is 0.380. The molecule has 21 heavy (non-hydrogen) atoms. The fourth-order valence-corrected chi connectivity index (χ4v) is 4.34. The highest BCUT2D eigenvalue weighted by Gasteiger charge is 2.29. The zero-order valence-electron chi connectivity index (χ0n) is 12.5. The maximum Gasteiger partial charge on any atom is 0.135 e. The van der Waals surface area contributed by atoms with Gasteiger partial charge >= 0.3 is 0 Å². The fourth-order valence-electron chi connectivity index (χ4n) is 2.75. The molecule has 0 N–H and O–H groups in total. The molecule has 1 aliphatic heterocycles. The molecule has 1 saturated heterocycles. The molecule has 1 aliphatic rings. The van der Waals surface area contributed by atoms with E-state index in [1.54, 1.807) is 0 Å². The van der Waals surface area contributed by atoms with Crippen LogP contribution >= 0.6 is 11.8 Å². The number of hydrogen-bond donors (Lipinski definition) is 0. The van der Waals surface area contributed by atoms with Crippen LogP contribution in [0.2, 0.25) is 0 Å². The summed E-state index contributed by atoms with van der Waals surface area (Å²) in [6, 6.07) is 17.2. The predicted octanol–water partition coefficient (Wildman–Crippen LogP) is 5.18. The van der Waals surface area contributed by atoms with E-state index in [0.717, 1.165) is 0 Å². The predicted molar refractivity (Wildman–Crippen MR) is 89.7 cm³/mol. The zero-order valence-corrected chi connectivity index (χ0v) is 13.3. The van der Waals surface area contributed by atoms with Crippen LogP contribution in [0.1, 0.15) is 45.6 Å². The second kappa shape index (κ2) is 6.07. The molecule has 2 heteroatoms. The largest absolute Gasteiger partial charge is 0.300 e. The minimum atomic E-state index is 0.290. The Morgan fingerprint density at radius 2 is 1.14 bits per heavy atom. The molecule has 2 aromatic rings. The average molecular weight is 296 g/mol. The van der Waals surface area contributed by atoms with Gasteiger partial charge < -0.3 is 0 Å². The number of rotatable bonds is 2. The molecule has 3 rings (SSSR count). The highest BCUT2D eigenvalue weighted by Crippen LogP contribution is 2.48. The lowest BCUT2D eigenvalue weighted by molar-refractivity contribution is -0.119. The molecular weight excluding hydrogens is 276 g/mol. The molecule has 0 unspecified atom stereocenters. The first-order chi connectivity index (χ1) is 10.1. The number of ketones is 1. The quantitative estimate of drug-likeness (QED) is 0.759. The van der Waals surface area contributed by atoms with Gasteiger partial charge in [0.15, 0.2) is 0 Å². The van der Waals surface area contributed by atoms with Crippen LogP contribution in [-0.4, -0.2) is 5.78 Å². The van der Waals surface area contributed by atoms with Gasteiger partial charge in [-0.15, -0.1) is 11.8 Å². The van der Waals surface area contributed by atoms with Crippen LogP contribution in [0.15, 0.2) is 48.5 Å². The molecule has 0 aliphatic carbocycles. The second-order valence-corrected chi connectivity index (χ2v) is 7.29. The first kappa shape index (κ1) is 14.4. The molecule has 1 nitrogen and oxygen atoms in total. The van der Waals surface area contributed by atoms with E-state index in [9.17, 15) is 4.79 Å². The van der Waals surface area contributed by atoms with Crippen molar-refractivity contribution in [3.8, 4) is 0 Å². The normalized spacial score (nSPS) is 22.3. The van der Waals surface area contributed by atoms with Crippen molar-refractivity contribution >= 4 is 17.5 Å². The summed E-state index contributed by atoms with van der Waals surface area (Å²) < 4.78 is 0. The van der Waals surface area contributed by atoms with E-state index in [2.05, 4.69) is 62.4 Å². The Morgan fingerprint density at radius 3 is 1.52 bits per heavy atom. The van der Waals surface area contributed by atoms with Crippen molar-refractivity contribution in [1.82, 2.24) is 0 Å². The third-order valence-corrected chi connectivity index (χ3v) is 5.59. The third kappa shape index (κ3) is 3.38. The molecule has 0 aromatic heterocycles. The summed E-state index contributed by atoms with van der Waals surface area (Å²) in [5, 5.41) is 0.580. The van der Waals surface area contributed by atoms with Crippen molar-refractivity contribution in [2.75, 3.05) is 0 Å². The van der Waals surface area contributed by atoms with E-state index in [4.69, 9.17) is 0 Å². The zero-order chi connectivity index (χ0) is 14.8. The average Bonchev–Trinajstić information content (AvgIpc) is 2.48. The molecule has 2 aromatic carbocycles. The minimum absolute atomic E-state index is 0.290. The molecule has 1 fully saturated rings. The summed E-state index contributed by atoms with van der Waals surface area (Å²) in [6.45, 7) is 4.19. The number of hydrogen-bond acceptors (Lipinski definition) is 2. The van der Waals surface area contributed by atoms with Crippen molar-refractivity contribution in [2.24, 2.45) is 0 Å². The van der Waals surface area contributed by atoms with Gasteiger partial charge in [-0.1, -0.05) is 59.7 Å². The molecule has 0 spiro atoms. The van der Waals surface area contributed by atoms with E-state index < -0.39 is 0 Å². The van der Waals surface area contributed by atoms with Gasteiger partial charge in [-0.25, -0.2) is 0 Å². The summed E-state index contributed by atoms with van der Waals surface area (Å²) in [7, 11) is 0. The summed E-state index contributed by atoms with van der Waals surface area (Å²) in [5.41, 5.74) is 5.08. The summed E-state index contributed by atoms with van der Waals surface area (Å²) in [4.78, 5) is 12.2. The van der Waals surface area contributed by atoms with Crippen LogP contribution in [0, 0.1) is 13.8 Å². The van der Waals surface area contributed by atoms with E-state index in [1.807, 2.05) is 11.8 Å². The maximum absolute atomic E-state index is 12.2. The summed E-state index contributed by atoms with van der Waals surface area (Å²) in [6.07, 6.45) is 1.33. The van der Waals surface area contributed by atoms with Crippen LogP contribution in [0.5, 0.6) is 0 Å². The smallest absolute Gasteiger partial charge is 0.135 e. The Bertz CT molecular complexity index is 572. The molecular formula is C19H20OS. The highest BCUT2D eigenvalue weighted by molar-refractivity contribution is 7.99. The standard InChI is InChI=1S/C19H20OS/c1-13-3-7-15(8-4-13)18-11-17(20)12-19(21-18)16-9-5-14(2)6-10-16/h3-10,18-19H,11-12H2,1-2H3/t18-,19+. The van der Waals surface area contributed by atoms with Gasteiger partial charge in [0.25, 0.3) is 0 Å². The molecule has 0 radical (unpaired) electrons. The van der Waals surface area contributed by atoms with Gasteiger partial charge in [-0.3, -0.25) is 4.79 Å². The van der Waals surface area contributed by atoms with Crippen molar-refractivity contribution in [2.45, 2.75) is 37.2 Å². The van der Waals surface area contributed by atoms with Crippen LogP contribution in [0.25, 0.3) is 0 Å². The number of Topliss-reactive ketones (excluding diaryl/α,β-unsaturated/α-hetero) is 1. The Balaban J connectivity index is 1.82. The Labute approximate surface area is 130 Å². The number of benzene rings is 2. The van der Waals surface area contributed by atoms with Gasteiger partial charge in [0, 0.05) is 23.3 Å². The number of carbonyl (C=O) groups is 1. The number of aryl methyl sites for hydroxylation is 2. The van der Waals surface area contributed by atoms with Crippen molar-refractivity contribution in [3.63, 3.8) is 0 Å². The van der Waals surface area contributed by atoms with E-state index in [0.29, 0.717) is 18.6 Å². The van der Waals surface area contributed by atoms with Crippen molar-refractivity contribution in [3.05, 3.63) is 70.8 Å². The molecule has 108 valence electrons. The van der Waals surface area contributed by atoms with Crippen molar-refractivity contribution in [1.29, 1.82) is 0 Å². The van der Waals surface area contributed by atoms with Gasteiger partial charge in [-0.05, 0) is 25.0 Å². The lowest BCUT2D eigenvalue weighted by atomic mass is 9.99. The SMILES string of the molecule is Cc1ccc([C@@H]2CC(=O)C[C@H](c3ccc(C)cc3)S2)cc1. The molecule has 0 bridgehead atoms. The van der Waals surface area contributed by atoms with Crippen LogP contribution in [0.4, 0.5) is 0 Å². The third-order valence-electron chi connectivity index (χ3n) is 4.05. The lowest BCUT2D eigenvalue weighted by Gasteiger charge is -2.28. The summed E-state index contributed by atoms with van der Waals surface area (Å²) >= 11 is 1.93. The molecule has 0 amide bonds. The molecule has 1 heterocycles. The number of thioether (sulfide) groups is 1. The topological polar surface area (TPSA) is 17.1 Å². The van der Waals surface area contributed by atoms with Gasteiger partial charge in [0.05, 0.1) is 0 Å². The Hall–Kier alpha value is -1.54. The van der Waals surface area contributed by atoms with Crippen LogP contribution in [0.3, 0.4) is 0 Å². The lowest BCUT2D eigenvalue weighted by Crippen LogP contribution is -2.15.